The zero-order chi connectivity index (χ0) is 19.1. The van der Waals surface area contributed by atoms with E-state index in [0.717, 1.165) is 16.9 Å². The van der Waals surface area contributed by atoms with Crippen molar-refractivity contribution in [2.75, 3.05) is 13.2 Å². The van der Waals surface area contributed by atoms with E-state index in [1.165, 1.54) is 5.56 Å². The lowest BCUT2D eigenvalue weighted by Crippen LogP contribution is -2.39. The maximum atomic E-state index is 12.4. The number of ether oxygens (including phenoxy) is 2. The van der Waals surface area contributed by atoms with Crippen LogP contribution in [0.15, 0.2) is 36.4 Å². The molecule has 140 valence electrons. The van der Waals surface area contributed by atoms with Gasteiger partial charge in [-0.05, 0) is 56.5 Å². The number of hydrogen-bond donors (Lipinski definition) is 1. The predicted octanol–water partition coefficient (Wildman–Crippen LogP) is 4.62. The Morgan fingerprint density at radius 1 is 1.12 bits per heavy atom. The first kappa shape index (κ1) is 20.1. The van der Waals surface area contributed by atoms with Gasteiger partial charge in [-0.1, -0.05) is 42.3 Å². The SMILES string of the molecule is CC[C@@H](Oc1ccc(C)cc1C)C(=O)NCCOc1ccc(C)c(Cl)c1. The first-order valence-corrected chi connectivity index (χ1v) is 9.19. The van der Waals surface area contributed by atoms with Crippen molar-refractivity contribution in [1.29, 1.82) is 0 Å². The van der Waals surface area contributed by atoms with E-state index in [2.05, 4.69) is 5.32 Å². The molecule has 1 atom stereocenters. The molecule has 0 saturated carbocycles. The van der Waals surface area contributed by atoms with Crippen molar-refractivity contribution in [2.24, 2.45) is 0 Å². The van der Waals surface area contributed by atoms with Gasteiger partial charge in [0, 0.05) is 5.02 Å². The lowest BCUT2D eigenvalue weighted by Gasteiger charge is -2.19. The second kappa shape index (κ2) is 9.48. The minimum Gasteiger partial charge on any atom is -0.492 e. The van der Waals surface area contributed by atoms with E-state index >= 15 is 0 Å². The fourth-order valence-electron chi connectivity index (χ4n) is 2.53. The molecule has 5 heteroatoms. The molecule has 2 aromatic carbocycles. The van der Waals surface area contributed by atoms with Gasteiger partial charge in [0.2, 0.25) is 0 Å². The van der Waals surface area contributed by atoms with Gasteiger partial charge in [0.25, 0.3) is 5.91 Å². The maximum absolute atomic E-state index is 12.4. The molecule has 2 rings (SSSR count). The van der Waals surface area contributed by atoms with Crippen molar-refractivity contribution in [2.45, 2.75) is 40.2 Å². The van der Waals surface area contributed by atoms with Crippen molar-refractivity contribution in [3.8, 4) is 11.5 Å². The summed E-state index contributed by atoms with van der Waals surface area (Å²) in [7, 11) is 0. The molecule has 0 radical (unpaired) electrons. The summed E-state index contributed by atoms with van der Waals surface area (Å²) in [4.78, 5) is 12.4. The monoisotopic (exact) mass is 375 g/mol. The number of hydrogen-bond acceptors (Lipinski definition) is 3. The molecule has 0 aliphatic heterocycles. The van der Waals surface area contributed by atoms with Gasteiger partial charge in [-0.3, -0.25) is 4.79 Å². The number of carbonyl (C=O) groups excluding carboxylic acids is 1. The second-order valence-electron chi connectivity index (χ2n) is 6.33. The van der Waals surface area contributed by atoms with Crippen LogP contribution in [0.1, 0.15) is 30.0 Å². The molecule has 0 heterocycles. The van der Waals surface area contributed by atoms with E-state index in [-0.39, 0.29) is 5.91 Å². The number of amides is 1. The van der Waals surface area contributed by atoms with Gasteiger partial charge in [0.15, 0.2) is 6.10 Å². The Bertz CT molecular complexity index is 761. The van der Waals surface area contributed by atoms with Gasteiger partial charge in [-0.2, -0.15) is 0 Å². The molecule has 0 saturated heterocycles. The minimum absolute atomic E-state index is 0.141. The van der Waals surface area contributed by atoms with Crippen LogP contribution in [0.3, 0.4) is 0 Å². The molecule has 0 aliphatic rings. The third-order valence-electron chi connectivity index (χ3n) is 4.08. The van der Waals surface area contributed by atoms with Crippen LogP contribution in [0.25, 0.3) is 0 Å². The van der Waals surface area contributed by atoms with Gasteiger partial charge < -0.3 is 14.8 Å². The van der Waals surface area contributed by atoms with Crippen LogP contribution in [0.4, 0.5) is 0 Å². The van der Waals surface area contributed by atoms with Crippen molar-refractivity contribution < 1.29 is 14.3 Å². The molecule has 0 aromatic heterocycles. The summed E-state index contributed by atoms with van der Waals surface area (Å²) in [5.41, 5.74) is 3.19. The Labute approximate surface area is 160 Å². The van der Waals surface area contributed by atoms with Crippen LogP contribution in [0, 0.1) is 20.8 Å². The van der Waals surface area contributed by atoms with Crippen molar-refractivity contribution in [3.63, 3.8) is 0 Å². The average Bonchev–Trinajstić information content (AvgIpc) is 2.61. The highest BCUT2D eigenvalue weighted by Crippen LogP contribution is 2.22. The number of carbonyl (C=O) groups is 1. The average molecular weight is 376 g/mol. The normalized spacial score (nSPS) is 11.7. The molecule has 0 bridgehead atoms. The van der Waals surface area contributed by atoms with E-state index < -0.39 is 6.10 Å². The third kappa shape index (κ3) is 5.67. The highest BCUT2D eigenvalue weighted by molar-refractivity contribution is 6.31. The molecular formula is C21H26ClNO3. The highest BCUT2D eigenvalue weighted by Gasteiger charge is 2.18. The largest absolute Gasteiger partial charge is 0.492 e. The summed E-state index contributed by atoms with van der Waals surface area (Å²) in [6, 6.07) is 11.5. The summed E-state index contributed by atoms with van der Waals surface area (Å²) < 4.78 is 11.5. The van der Waals surface area contributed by atoms with Gasteiger partial charge in [0.05, 0.1) is 6.54 Å². The molecule has 1 amide bonds. The topological polar surface area (TPSA) is 47.6 Å². The standard InChI is InChI=1S/C21H26ClNO3/c1-5-19(26-20-9-6-14(2)12-16(20)4)21(24)23-10-11-25-17-8-7-15(3)18(22)13-17/h6-9,12-13,19H,5,10-11H2,1-4H3,(H,23,24)/t19-/m1/s1. The Balaban J connectivity index is 1.82. The van der Waals surface area contributed by atoms with Crippen LogP contribution in [0.5, 0.6) is 11.5 Å². The fourth-order valence-corrected chi connectivity index (χ4v) is 2.70. The van der Waals surface area contributed by atoms with E-state index in [4.69, 9.17) is 21.1 Å². The lowest BCUT2D eigenvalue weighted by atomic mass is 10.1. The number of aryl methyl sites for hydroxylation is 3. The smallest absolute Gasteiger partial charge is 0.261 e. The number of benzene rings is 2. The van der Waals surface area contributed by atoms with E-state index in [1.54, 1.807) is 6.07 Å². The van der Waals surface area contributed by atoms with Gasteiger partial charge in [0.1, 0.15) is 18.1 Å². The first-order valence-electron chi connectivity index (χ1n) is 8.81. The third-order valence-corrected chi connectivity index (χ3v) is 4.48. The molecule has 2 aromatic rings. The summed E-state index contributed by atoms with van der Waals surface area (Å²) in [6.45, 7) is 8.64. The Morgan fingerprint density at radius 2 is 1.88 bits per heavy atom. The number of rotatable bonds is 8. The van der Waals surface area contributed by atoms with Crippen molar-refractivity contribution >= 4 is 17.5 Å². The minimum atomic E-state index is -0.523. The second-order valence-corrected chi connectivity index (χ2v) is 6.74. The molecule has 0 fully saturated rings. The van der Waals surface area contributed by atoms with Gasteiger partial charge >= 0.3 is 0 Å². The molecule has 26 heavy (non-hydrogen) atoms. The lowest BCUT2D eigenvalue weighted by molar-refractivity contribution is -0.128. The quantitative estimate of drug-likeness (QED) is 0.685. The van der Waals surface area contributed by atoms with Crippen LogP contribution in [0.2, 0.25) is 5.02 Å². The molecular weight excluding hydrogens is 350 g/mol. The number of halogens is 1. The van der Waals surface area contributed by atoms with Gasteiger partial charge in [-0.15, -0.1) is 0 Å². The van der Waals surface area contributed by atoms with Crippen LogP contribution < -0.4 is 14.8 Å². The summed E-state index contributed by atoms with van der Waals surface area (Å²) in [6.07, 6.45) is 0.0679. The molecule has 4 nitrogen and oxygen atoms in total. The highest BCUT2D eigenvalue weighted by atomic mass is 35.5. The van der Waals surface area contributed by atoms with E-state index in [1.807, 2.05) is 58.0 Å². The van der Waals surface area contributed by atoms with Crippen LogP contribution in [-0.2, 0) is 4.79 Å². The maximum Gasteiger partial charge on any atom is 0.261 e. The zero-order valence-corrected chi connectivity index (χ0v) is 16.5. The van der Waals surface area contributed by atoms with Gasteiger partial charge in [-0.25, -0.2) is 0 Å². The van der Waals surface area contributed by atoms with Crippen LogP contribution >= 0.6 is 11.6 Å². The van der Waals surface area contributed by atoms with Crippen molar-refractivity contribution in [3.05, 3.63) is 58.1 Å². The summed E-state index contributed by atoms with van der Waals surface area (Å²) in [5.74, 6) is 1.29. The van der Waals surface area contributed by atoms with E-state index in [0.29, 0.717) is 30.3 Å². The molecule has 0 unspecified atom stereocenters. The van der Waals surface area contributed by atoms with E-state index in [9.17, 15) is 4.79 Å². The fraction of sp³-hybridized carbons (Fsp3) is 0.381. The zero-order valence-electron chi connectivity index (χ0n) is 15.8. The van der Waals surface area contributed by atoms with Crippen LogP contribution in [-0.4, -0.2) is 25.2 Å². The van der Waals surface area contributed by atoms with Crippen molar-refractivity contribution in [1.82, 2.24) is 5.32 Å². The Morgan fingerprint density at radius 3 is 2.54 bits per heavy atom. The Hall–Kier alpha value is -2.20. The molecule has 1 N–H and O–H groups in total. The molecule has 0 spiro atoms. The first-order chi connectivity index (χ1) is 12.4. The Kier molecular flexibility index (Phi) is 7.34. The number of nitrogens with one attached hydrogen (secondary N) is 1. The predicted molar refractivity (Wildman–Crippen MR) is 105 cm³/mol. The molecule has 0 aliphatic carbocycles. The summed E-state index contributed by atoms with van der Waals surface area (Å²) >= 11 is 6.07. The summed E-state index contributed by atoms with van der Waals surface area (Å²) in [5, 5.41) is 3.53.